The van der Waals surface area contributed by atoms with Gasteiger partial charge in [0.15, 0.2) is 0 Å². The Morgan fingerprint density at radius 3 is 2.67 bits per heavy atom. The largest absolute Gasteiger partial charge is 0.348 e. The van der Waals surface area contributed by atoms with Crippen molar-refractivity contribution in [3.63, 3.8) is 0 Å². The average Bonchev–Trinajstić information content (AvgIpc) is 2.70. The fraction of sp³-hybridized carbons (Fsp3) is 0.692. The van der Waals surface area contributed by atoms with Crippen molar-refractivity contribution >= 4 is 17.2 Å². The lowest BCUT2D eigenvalue weighted by molar-refractivity contribution is 0.0929. The molecule has 1 fully saturated rings. The predicted octanol–water partition coefficient (Wildman–Crippen LogP) is 2.62. The Morgan fingerprint density at radius 1 is 1.44 bits per heavy atom. The first-order valence-electron chi connectivity index (χ1n) is 6.68. The molecule has 1 heterocycles. The van der Waals surface area contributed by atoms with Crippen LogP contribution in [0.2, 0.25) is 0 Å². The van der Waals surface area contributed by atoms with Gasteiger partial charge in [-0.15, -0.1) is 11.3 Å². The molecule has 1 atom stereocenters. The van der Waals surface area contributed by atoms with Gasteiger partial charge in [0, 0.05) is 11.4 Å². The van der Waals surface area contributed by atoms with E-state index in [0.29, 0.717) is 11.7 Å². The van der Waals surface area contributed by atoms with Crippen molar-refractivity contribution in [3.05, 3.63) is 16.1 Å². The first-order valence-corrected chi connectivity index (χ1v) is 7.56. The van der Waals surface area contributed by atoms with Crippen LogP contribution < -0.4 is 11.1 Å². The summed E-state index contributed by atoms with van der Waals surface area (Å²) >= 11 is 1.46. The van der Waals surface area contributed by atoms with Crippen molar-refractivity contribution in [2.45, 2.75) is 57.5 Å². The number of carbonyl (C=O) groups is 1. The number of rotatable bonds is 3. The summed E-state index contributed by atoms with van der Waals surface area (Å²) in [6, 6.07) is 0.217. The third-order valence-electron chi connectivity index (χ3n) is 3.33. The highest BCUT2D eigenvalue weighted by Gasteiger charge is 2.18. The molecule has 3 N–H and O–H groups in total. The number of nitrogens with zero attached hydrogens (tertiary/aromatic N) is 1. The molecule has 0 aliphatic heterocycles. The minimum atomic E-state index is -0.102. The summed E-state index contributed by atoms with van der Waals surface area (Å²) in [7, 11) is 0. The van der Waals surface area contributed by atoms with Gasteiger partial charge >= 0.3 is 0 Å². The standard InChI is InChI=1S/C13H21N3OS/c1-9(14)13-16-11(8-18-13)12(17)15-10-6-4-2-3-5-7-10/h8-10H,2-7,14H2,1H3,(H,15,17). The molecule has 4 nitrogen and oxygen atoms in total. The molecule has 1 aromatic rings. The second-order valence-corrected chi connectivity index (χ2v) is 5.91. The minimum Gasteiger partial charge on any atom is -0.348 e. The Bertz CT molecular complexity index is 395. The summed E-state index contributed by atoms with van der Waals surface area (Å²) < 4.78 is 0. The number of nitrogens with one attached hydrogen (secondary N) is 1. The van der Waals surface area contributed by atoms with Crippen LogP contribution in [-0.4, -0.2) is 16.9 Å². The fourth-order valence-corrected chi connectivity index (χ4v) is 3.04. The van der Waals surface area contributed by atoms with Crippen molar-refractivity contribution < 1.29 is 4.79 Å². The third kappa shape index (κ3) is 3.53. The summed E-state index contributed by atoms with van der Waals surface area (Å²) in [6.07, 6.45) is 7.20. The number of amides is 1. The van der Waals surface area contributed by atoms with E-state index in [4.69, 9.17) is 5.73 Å². The molecule has 1 aromatic heterocycles. The van der Waals surface area contributed by atoms with Crippen molar-refractivity contribution in [3.8, 4) is 0 Å². The van der Waals surface area contributed by atoms with Crippen LogP contribution in [0.3, 0.4) is 0 Å². The molecular weight excluding hydrogens is 246 g/mol. The van der Waals surface area contributed by atoms with Gasteiger partial charge in [-0.25, -0.2) is 4.98 Å². The molecule has 0 spiro atoms. The first-order chi connectivity index (χ1) is 8.66. The Kier molecular flexibility index (Phi) is 4.72. The van der Waals surface area contributed by atoms with E-state index in [0.717, 1.165) is 17.8 Å². The smallest absolute Gasteiger partial charge is 0.270 e. The number of hydrogen-bond acceptors (Lipinski definition) is 4. The van der Waals surface area contributed by atoms with Gasteiger partial charge in [-0.3, -0.25) is 4.79 Å². The molecule has 1 saturated carbocycles. The zero-order valence-electron chi connectivity index (χ0n) is 10.8. The topological polar surface area (TPSA) is 68.0 Å². The van der Waals surface area contributed by atoms with Crippen molar-refractivity contribution in [1.29, 1.82) is 0 Å². The lowest BCUT2D eigenvalue weighted by atomic mass is 10.1. The van der Waals surface area contributed by atoms with Crippen molar-refractivity contribution in [2.75, 3.05) is 0 Å². The molecule has 1 unspecified atom stereocenters. The second-order valence-electron chi connectivity index (χ2n) is 5.02. The summed E-state index contributed by atoms with van der Waals surface area (Å²) in [5, 5.41) is 5.71. The maximum absolute atomic E-state index is 12.1. The van der Waals surface area contributed by atoms with Gasteiger partial charge in [0.25, 0.3) is 5.91 Å². The van der Waals surface area contributed by atoms with Crippen LogP contribution in [0.5, 0.6) is 0 Å². The molecule has 18 heavy (non-hydrogen) atoms. The molecule has 0 radical (unpaired) electrons. The molecule has 0 aromatic carbocycles. The lowest BCUT2D eigenvalue weighted by Gasteiger charge is -2.15. The second kappa shape index (κ2) is 6.29. The number of nitrogens with two attached hydrogens (primary N) is 1. The average molecular weight is 267 g/mol. The van der Waals surface area contributed by atoms with Gasteiger partial charge in [-0.1, -0.05) is 25.7 Å². The summed E-state index contributed by atoms with van der Waals surface area (Å²) in [6.45, 7) is 1.88. The summed E-state index contributed by atoms with van der Waals surface area (Å²) in [5.41, 5.74) is 6.26. The van der Waals surface area contributed by atoms with Crippen LogP contribution in [0.15, 0.2) is 5.38 Å². The Morgan fingerprint density at radius 2 is 2.11 bits per heavy atom. The zero-order valence-corrected chi connectivity index (χ0v) is 11.6. The van der Waals surface area contributed by atoms with Crippen LogP contribution in [0.25, 0.3) is 0 Å². The molecule has 1 aliphatic carbocycles. The van der Waals surface area contributed by atoms with E-state index in [1.54, 1.807) is 5.38 Å². The van der Waals surface area contributed by atoms with Crippen molar-refractivity contribution in [2.24, 2.45) is 5.73 Å². The van der Waals surface area contributed by atoms with Gasteiger partial charge in [-0.05, 0) is 19.8 Å². The van der Waals surface area contributed by atoms with Crippen LogP contribution in [0.4, 0.5) is 0 Å². The first kappa shape index (κ1) is 13.5. The van der Waals surface area contributed by atoms with E-state index in [2.05, 4.69) is 10.3 Å². The number of thiazole rings is 1. The molecule has 5 heteroatoms. The van der Waals surface area contributed by atoms with E-state index in [9.17, 15) is 4.79 Å². The highest BCUT2D eigenvalue weighted by Crippen LogP contribution is 2.19. The summed E-state index contributed by atoms with van der Waals surface area (Å²) in [5.74, 6) is -0.0509. The monoisotopic (exact) mass is 267 g/mol. The molecule has 0 saturated heterocycles. The molecular formula is C13H21N3OS. The highest BCUT2D eigenvalue weighted by atomic mass is 32.1. The zero-order chi connectivity index (χ0) is 13.0. The molecule has 1 amide bonds. The van der Waals surface area contributed by atoms with E-state index < -0.39 is 0 Å². The SMILES string of the molecule is CC(N)c1nc(C(=O)NC2CCCCCC2)cs1. The molecule has 1 aliphatic rings. The fourth-order valence-electron chi connectivity index (χ4n) is 2.28. The maximum atomic E-state index is 12.1. The maximum Gasteiger partial charge on any atom is 0.270 e. The van der Waals surface area contributed by atoms with Gasteiger partial charge in [0.1, 0.15) is 10.7 Å². The van der Waals surface area contributed by atoms with Gasteiger partial charge in [0.05, 0.1) is 6.04 Å². The van der Waals surface area contributed by atoms with Crippen LogP contribution in [-0.2, 0) is 0 Å². The van der Waals surface area contributed by atoms with Gasteiger partial charge < -0.3 is 11.1 Å². The third-order valence-corrected chi connectivity index (χ3v) is 4.38. The minimum absolute atomic E-state index is 0.0509. The van der Waals surface area contributed by atoms with Crippen LogP contribution >= 0.6 is 11.3 Å². The van der Waals surface area contributed by atoms with Crippen LogP contribution in [0, 0.1) is 0 Å². The molecule has 0 bridgehead atoms. The lowest BCUT2D eigenvalue weighted by Crippen LogP contribution is -2.34. The molecule has 2 rings (SSSR count). The highest BCUT2D eigenvalue weighted by molar-refractivity contribution is 7.09. The molecule has 100 valence electrons. The Balaban J connectivity index is 1.93. The number of hydrogen-bond donors (Lipinski definition) is 2. The number of aromatic nitrogens is 1. The van der Waals surface area contributed by atoms with E-state index >= 15 is 0 Å². The Hall–Kier alpha value is -0.940. The predicted molar refractivity (Wildman–Crippen MR) is 73.7 cm³/mol. The van der Waals surface area contributed by atoms with E-state index in [-0.39, 0.29) is 11.9 Å². The van der Waals surface area contributed by atoms with Crippen LogP contribution in [0.1, 0.15) is 67.0 Å². The van der Waals surface area contributed by atoms with Crippen molar-refractivity contribution in [1.82, 2.24) is 10.3 Å². The van der Waals surface area contributed by atoms with Gasteiger partial charge in [0.2, 0.25) is 0 Å². The normalized spacial score (nSPS) is 19.2. The van der Waals surface area contributed by atoms with E-state index in [1.807, 2.05) is 6.92 Å². The quantitative estimate of drug-likeness (QED) is 0.827. The van der Waals surface area contributed by atoms with E-state index in [1.165, 1.54) is 37.0 Å². The number of carbonyl (C=O) groups excluding carboxylic acids is 1. The van der Waals surface area contributed by atoms with Gasteiger partial charge in [-0.2, -0.15) is 0 Å². The Labute approximate surface area is 112 Å². The summed E-state index contributed by atoms with van der Waals surface area (Å²) in [4.78, 5) is 16.3.